The molecule has 1 aliphatic rings. The van der Waals surface area contributed by atoms with E-state index in [1.165, 1.54) is 0 Å². The summed E-state index contributed by atoms with van der Waals surface area (Å²) in [4.78, 5) is 29.6. The van der Waals surface area contributed by atoms with E-state index in [9.17, 15) is 14.7 Å². The van der Waals surface area contributed by atoms with Gasteiger partial charge in [-0.2, -0.15) is 0 Å². The van der Waals surface area contributed by atoms with E-state index in [0.717, 1.165) is 16.2 Å². The van der Waals surface area contributed by atoms with E-state index in [4.69, 9.17) is 4.84 Å². The number of hydrogen-bond acceptors (Lipinski definition) is 4. The lowest BCUT2D eigenvalue weighted by atomic mass is 9.91. The largest absolute Gasteiger partial charge is 0.370 e. The molecule has 2 aromatic carbocycles. The average molecular weight is 311 g/mol. The van der Waals surface area contributed by atoms with Gasteiger partial charge < -0.3 is 9.94 Å². The van der Waals surface area contributed by atoms with Crippen LogP contribution in [0.3, 0.4) is 0 Å². The first-order chi connectivity index (χ1) is 11.2. The van der Waals surface area contributed by atoms with Crippen LogP contribution in [0.5, 0.6) is 0 Å². The Kier molecular flexibility index (Phi) is 4.39. The Balaban J connectivity index is 1.89. The Morgan fingerprint density at radius 2 is 1.57 bits per heavy atom. The van der Waals surface area contributed by atoms with E-state index in [-0.39, 0.29) is 18.7 Å². The zero-order valence-electron chi connectivity index (χ0n) is 12.5. The maximum atomic E-state index is 12.7. The number of carbonyl (C=O) groups excluding carboxylic acids is 2. The zero-order chi connectivity index (χ0) is 16.2. The van der Waals surface area contributed by atoms with Gasteiger partial charge in [0.2, 0.25) is 0 Å². The molecule has 1 fully saturated rings. The summed E-state index contributed by atoms with van der Waals surface area (Å²) in [5.41, 5.74) is 1.54. The molecular formula is C18H17NO4. The van der Waals surface area contributed by atoms with Crippen molar-refractivity contribution in [2.75, 3.05) is 0 Å². The fraction of sp³-hybridized carbons (Fsp3) is 0.222. The third kappa shape index (κ3) is 3.24. The first-order valence-electron chi connectivity index (χ1n) is 7.48. The van der Waals surface area contributed by atoms with Gasteiger partial charge in [0, 0.05) is 12.8 Å². The van der Waals surface area contributed by atoms with Gasteiger partial charge in [-0.05, 0) is 11.1 Å². The van der Waals surface area contributed by atoms with Gasteiger partial charge in [0.25, 0.3) is 5.91 Å². The van der Waals surface area contributed by atoms with E-state index >= 15 is 0 Å². The molecule has 0 bridgehead atoms. The van der Waals surface area contributed by atoms with Gasteiger partial charge in [0.1, 0.15) is 5.92 Å². The minimum absolute atomic E-state index is 0.176. The van der Waals surface area contributed by atoms with E-state index in [2.05, 4.69) is 0 Å². The highest BCUT2D eigenvalue weighted by Gasteiger charge is 2.35. The monoisotopic (exact) mass is 311 g/mol. The number of carbonyl (C=O) groups is 2. The van der Waals surface area contributed by atoms with Crippen LogP contribution in [0.25, 0.3) is 0 Å². The van der Waals surface area contributed by atoms with Gasteiger partial charge in [0.05, 0.1) is 0 Å². The van der Waals surface area contributed by atoms with Crippen molar-refractivity contribution >= 4 is 11.9 Å². The molecule has 1 heterocycles. The van der Waals surface area contributed by atoms with E-state index in [1.807, 2.05) is 60.7 Å². The Hall–Kier alpha value is -2.66. The number of nitrogens with zero attached hydrogens (tertiary/aromatic N) is 1. The lowest BCUT2D eigenvalue weighted by Gasteiger charge is -2.23. The second-order valence-electron chi connectivity index (χ2n) is 5.40. The normalized spacial score (nSPS) is 17.6. The zero-order valence-corrected chi connectivity index (χ0v) is 12.5. The third-order valence-corrected chi connectivity index (χ3v) is 3.82. The van der Waals surface area contributed by atoms with Crippen molar-refractivity contribution < 1.29 is 19.5 Å². The lowest BCUT2D eigenvalue weighted by molar-refractivity contribution is -0.221. The molecule has 1 amide bonds. The molecule has 0 radical (unpaired) electrons. The Labute approximate surface area is 134 Å². The number of amides is 1. The topological polar surface area (TPSA) is 66.8 Å². The first kappa shape index (κ1) is 15.2. The number of aliphatic hydroxyl groups is 1. The van der Waals surface area contributed by atoms with Crippen molar-refractivity contribution in [2.45, 2.75) is 25.0 Å². The summed E-state index contributed by atoms with van der Waals surface area (Å²) in [7, 11) is 0. The smallest absolute Gasteiger partial charge is 0.344 e. The molecule has 3 rings (SSSR count). The number of hydroxylamine groups is 2. The van der Waals surface area contributed by atoms with Gasteiger partial charge in [-0.3, -0.25) is 4.79 Å². The molecule has 2 aromatic rings. The highest BCUT2D eigenvalue weighted by atomic mass is 16.7. The van der Waals surface area contributed by atoms with Crippen LogP contribution in [0.2, 0.25) is 0 Å². The summed E-state index contributed by atoms with van der Waals surface area (Å²) in [6.45, 7) is 0. The van der Waals surface area contributed by atoms with Crippen LogP contribution in [-0.4, -0.2) is 28.3 Å². The number of benzene rings is 2. The van der Waals surface area contributed by atoms with Crippen molar-refractivity contribution in [3.05, 3.63) is 71.8 Å². The van der Waals surface area contributed by atoms with Gasteiger partial charge in [-0.25, -0.2) is 4.79 Å². The quantitative estimate of drug-likeness (QED) is 0.940. The Morgan fingerprint density at radius 3 is 2.00 bits per heavy atom. The molecule has 0 saturated carbocycles. The van der Waals surface area contributed by atoms with Crippen molar-refractivity contribution in [1.82, 2.24) is 5.06 Å². The van der Waals surface area contributed by atoms with Crippen LogP contribution in [0.4, 0.5) is 0 Å². The summed E-state index contributed by atoms with van der Waals surface area (Å²) in [6.07, 6.45) is -0.623. The summed E-state index contributed by atoms with van der Waals surface area (Å²) in [5.74, 6) is -1.62. The number of hydrogen-bond donors (Lipinski definition) is 1. The molecule has 1 saturated heterocycles. The molecular weight excluding hydrogens is 294 g/mol. The Bertz CT molecular complexity index is 647. The highest BCUT2D eigenvalue weighted by molar-refractivity contribution is 5.85. The molecule has 5 nitrogen and oxygen atoms in total. The minimum Gasteiger partial charge on any atom is -0.370 e. The average Bonchev–Trinajstić information content (AvgIpc) is 2.89. The molecule has 1 unspecified atom stereocenters. The third-order valence-electron chi connectivity index (χ3n) is 3.82. The minimum atomic E-state index is -1.07. The lowest BCUT2D eigenvalue weighted by Crippen LogP contribution is -2.37. The van der Waals surface area contributed by atoms with Gasteiger partial charge in [-0.1, -0.05) is 60.7 Å². The molecule has 5 heteroatoms. The molecule has 1 aliphatic heterocycles. The van der Waals surface area contributed by atoms with Crippen molar-refractivity contribution in [3.8, 4) is 0 Å². The summed E-state index contributed by atoms with van der Waals surface area (Å²) in [5, 5.41) is 10.5. The van der Waals surface area contributed by atoms with Crippen LogP contribution < -0.4 is 0 Å². The number of aliphatic hydroxyl groups excluding tert-OH is 1. The molecule has 1 atom stereocenters. The molecule has 0 aliphatic carbocycles. The molecule has 0 spiro atoms. The predicted molar refractivity (Wildman–Crippen MR) is 82.9 cm³/mol. The summed E-state index contributed by atoms with van der Waals surface area (Å²) < 4.78 is 0. The van der Waals surface area contributed by atoms with Crippen LogP contribution in [-0.2, 0) is 14.4 Å². The van der Waals surface area contributed by atoms with Crippen molar-refractivity contribution in [1.29, 1.82) is 0 Å². The summed E-state index contributed by atoms with van der Waals surface area (Å²) >= 11 is 0. The maximum absolute atomic E-state index is 12.7. The second kappa shape index (κ2) is 6.62. The maximum Gasteiger partial charge on any atom is 0.344 e. The van der Waals surface area contributed by atoms with Gasteiger partial charge >= 0.3 is 5.97 Å². The van der Waals surface area contributed by atoms with Gasteiger partial charge in [-0.15, -0.1) is 5.06 Å². The first-order valence-corrected chi connectivity index (χ1v) is 7.48. The van der Waals surface area contributed by atoms with Crippen LogP contribution >= 0.6 is 0 Å². The second-order valence-corrected chi connectivity index (χ2v) is 5.40. The van der Waals surface area contributed by atoms with E-state index < -0.39 is 18.1 Å². The van der Waals surface area contributed by atoms with Crippen LogP contribution in [0.1, 0.15) is 29.9 Å². The van der Waals surface area contributed by atoms with Crippen LogP contribution in [0.15, 0.2) is 60.7 Å². The standard InChI is InChI=1S/C18H17NO4/c20-15-11-12-16(21)19(15)23-18(22)17(13-7-3-1-4-8-13)14-9-5-2-6-10-14/h1-10,15,17,20H,11-12H2. The van der Waals surface area contributed by atoms with Crippen molar-refractivity contribution in [2.24, 2.45) is 0 Å². The number of rotatable bonds is 4. The highest BCUT2D eigenvalue weighted by Crippen LogP contribution is 2.28. The Morgan fingerprint density at radius 1 is 1.04 bits per heavy atom. The molecule has 1 N–H and O–H groups in total. The van der Waals surface area contributed by atoms with E-state index in [0.29, 0.717) is 0 Å². The molecule has 118 valence electrons. The van der Waals surface area contributed by atoms with Crippen molar-refractivity contribution in [3.63, 3.8) is 0 Å². The molecule has 0 aromatic heterocycles. The summed E-state index contributed by atoms with van der Waals surface area (Å²) in [6, 6.07) is 18.4. The van der Waals surface area contributed by atoms with Gasteiger partial charge in [0.15, 0.2) is 6.23 Å². The molecule has 23 heavy (non-hydrogen) atoms. The van der Waals surface area contributed by atoms with Crippen LogP contribution in [0, 0.1) is 0 Å². The van der Waals surface area contributed by atoms with E-state index in [1.54, 1.807) is 0 Å². The SMILES string of the molecule is O=C(ON1C(=O)CCC1O)C(c1ccccc1)c1ccccc1. The fourth-order valence-corrected chi connectivity index (χ4v) is 2.66. The fourth-order valence-electron chi connectivity index (χ4n) is 2.66. The predicted octanol–water partition coefficient (Wildman–Crippen LogP) is 2.22.